The number of hydrogen-bond donors (Lipinski definition) is 5. The molecule has 0 aliphatic heterocycles. The predicted molar refractivity (Wildman–Crippen MR) is 113 cm³/mol. The van der Waals surface area contributed by atoms with Gasteiger partial charge in [-0.2, -0.15) is 12.6 Å². The number of thiol groups is 1. The fourth-order valence-electron chi connectivity index (χ4n) is 2.73. The second-order valence-corrected chi connectivity index (χ2v) is 7.39. The van der Waals surface area contributed by atoms with Crippen LogP contribution in [0, 0.1) is 0 Å². The number of hydrogen-bond acceptors (Lipinski definition) is 6. The van der Waals surface area contributed by atoms with Crippen molar-refractivity contribution in [3.8, 4) is 0 Å². The summed E-state index contributed by atoms with van der Waals surface area (Å²) in [4.78, 5) is 47.9. The maximum atomic E-state index is 12.8. The highest BCUT2D eigenvalue weighted by Crippen LogP contribution is 2.08. The molecule has 0 spiro atoms. The standard InChI is InChI=1S/C19H35N3O6S/c1-2-3-4-5-6-7-11-22(12-10-17(24)25)18(26)15(13-29)21-16(23)9-8-14(20)19(27)28/h14-15,29H,2-13,20H2,1H3,(H,21,23)(H,24,25)(H,27,28)/t14-,15-/m0/s1. The van der Waals surface area contributed by atoms with E-state index >= 15 is 0 Å². The molecule has 29 heavy (non-hydrogen) atoms. The Morgan fingerprint density at radius 2 is 1.62 bits per heavy atom. The molecule has 0 aromatic carbocycles. The molecule has 0 bridgehead atoms. The number of nitrogens with zero attached hydrogens (tertiary/aromatic N) is 1. The number of unbranched alkanes of at least 4 members (excludes halogenated alkanes) is 5. The molecule has 168 valence electrons. The smallest absolute Gasteiger partial charge is 0.320 e. The van der Waals surface area contributed by atoms with Gasteiger partial charge in [-0.05, 0) is 12.8 Å². The van der Waals surface area contributed by atoms with Crippen molar-refractivity contribution < 1.29 is 29.4 Å². The Morgan fingerprint density at radius 1 is 1.00 bits per heavy atom. The topological polar surface area (TPSA) is 150 Å². The first-order chi connectivity index (χ1) is 13.7. The highest BCUT2D eigenvalue weighted by atomic mass is 32.1. The first-order valence-corrected chi connectivity index (χ1v) is 10.7. The lowest BCUT2D eigenvalue weighted by atomic mass is 10.1. The number of nitrogens with one attached hydrogen (secondary N) is 1. The van der Waals surface area contributed by atoms with Gasteiger partial charge in [0.1, 0.15) is 12.1 Å². The van der Waals surface area contributed by atoms with Crippen LogP contribution in [0.4, 0.5) is 0 Å². The summed E-state index contributed by atoms with van der Waals surface area (Å²) in [7, 11) is 0. The first-order valence-electron chi connectivity index (χ1n) is 10.1. The van der Waals surface area contributed by atoms with Crippen molar-refractivity contribution in [3.05, 3.63) is 0 Å². The van der Waals surface area contributed by atoms with E-state index < -0.39 is 29.9 Å². The maximum Gasteiger partial charge on any atom is 0.320 e. The zero-order valence-electron chi connectivity index (χ0n) is 17.1. The highest BCUT2D eigenvalue weighted by molar-refractivity contribution is 7.80. The van der Waals surface area contributed by atoms with Gasteiger partial charge in [0, 0.05) is 25.3 Å². The molecule has 9 nitrogen and oxygen atoms in total. The van der Waals surface area contributed by atoms with Crippen molar-refractivity contribution in [3.63, 3.8) is 0 Å². The lowest BCUT2D eigenvalue weighted by molar-refractivity contribution is -0.141. The molecule has 0 saturated carbocycles. The minimum Gasteiger partial charge on any atom is -0.481 e. The molecule has 0 rings (SSSR count). The average molecular weight is 434 g/mol. The van der Waals surface area contributed by atoms with Crippen LogP contribution < -0.4 is 11.1 Å². The normalized spacial score (nSPS) is 12.8. The molecule has 10 heteroatoms. The molecule has 0 aliphatic rings. The van der Waals surface area contributed by atoms with Crippen molar-refractivity contribution >= 4 is 36.4 Å². The quantitative estimate of drug-likeness (QED) is 0.171. The molecular weight excluding hydrogens is 398 g/mol. The van der Waals surface area contributed by atoms with Gasteiger partial charge in [0.2, 0.25) is 11.8 Å². The zero-order chi connectivity index (χ0) is 22.2. The number of carbonyl (C=O) groups is 4. The summed E-state index contributed by atoms with van der Waals surface area (Å²) in [5, 5.41) is 20.2. The summed E-state index contributed by atoms with van der Waals surface area (Å²) in [6, 6.07) is -2.05. The second-order valence-electron chi connectivity index (χ2n) is 7.02. The van der Waals surface area contributed by atoms with E-state index in [9.17, 15) is 19.2 Å². The van der Waals surface area contributed by atoms with Crippen molar-refractivity contribution in [1.82, 2.24) is 10.2 Å². The van der Waals surface area contributed by atoms with E-state index in [1.807, 2.05) is 0 Å². The van der Waals surface area contributed by atoms with Gasteiger partial charge in [-0.15, -0.1) is 0 Å². The van der Waals surface area contributed by atoms with Gasteiger partial charge < -0.3 is 26.2 Å². The second kappa shape index (κ2) is 16.0. The molecule has 0 saturated heterocycles. The molecule has 2 atom stereocenters. The fraction of sp³-hybridized carbons (Fsp3) is 0.789. The molecule has 0 unspecified atom stereocenters. The van der Waals surface area contributed by atoms with Gasteiger partial charge in [0.05, 0.1) is 6.42 Å². The highest BCUT2D eigenvalue weighted by Gasteiger charge is 2.25. The molecular formula is C19H35N3O6S. The Morgan fingerprint density at radius 3 is 2.17 bits per heavy atom. The molecule has 2 amide bonds. The van der Waals surface area contributed by atoms with Crippen LogP contribution in [0.25, 0.3) is 0 Å². The van der Waals surface area contributed by atoms with Gasteiger partial charge in [-0.3, -0.25) is 19.2 Å². The molecule has 0 aromatic heterocycles. The maximum absolute atomic E-state index is 12.8. The van der Waals surface area contributed by atoms with E-state index in [1.165, 1.54) is 11.3 Å². The Kier molecular flexibility index (Phi) is 15.0. The number of nitrogens with two attached hydrogens (primary N) is 1. The Balaban J connectivity index is 4.71. The molecule has 0 heterocycles. The van der Waals surface area contributed by atoms with Crippen molar-refractivity contribution in [2.24, 2.45) is 5.73 Å². The summed E-state index contributed by atoms with van der Waals surface area (Å²) in [6.45, 7) is 2.61. The number of rotatable bonds is 17. The number of carbonyl (C=O) groups excluding carboxylic acids is 2. The lowest BCUT2D eigenvalue weighted by Gasteiger charge is -2.27. The fourth-order valence-corrected chi connectivity index (χ4v) is 2.98. The van der Waals surface area contributed by atoms with Crippen molar-refractivity contribution in [2.75, 3.05) is 18.8 Å². The molecule has 0 fully saturated rings. The summed E-state index contributed by atoms with van der Waals surface area (Å²) < 4.78 is 0. The van der Waals surface area contributed by atoms with E-state index in [1.54, 1.807) is 0 Å². The van der Waals surface area contributed by atoms with Gasteiger partial charge in [-0.1, -0.05) is 39.0 Å². The Hall–Kier alpha value is -1.81. The van der Waals surface area contributed by atoms with E-state index in [2.05, 4.69) is 24.9 Å². The van der Waals surface area contributed by atoms with E-state index in [4.69, 9.17) is 15.9 Å². The third kappa shape index (κ3) is 13.1. The average Bonchev–Trinajstić information content (AvgIpc) is 2.68. The van der Waals surface area contributed by atoms with Gasteiger partial charge in [0.25, 0.3) is 0 Å². The largest absolute Gasteiger partial charge is 0.481 e. The van der Waals surface area contributed by atoms with Crippen LogP contribution in [-0.4, -0.2) is 69.8 Å². The van der Waals surface area contributed by atoms with Crippen LogP contribution in [0.1, 0.15) is 64.7 Å². The monoisotopic (exact) mass is 433 g/mol. The van der Waals surface area contributed by atoms with Crippen molar-refractivity contribution in [1.29, 1.82) is 0 Å². The summed E-state index contributed by atoms with van der Waals surface area (Å²) in [6.07, 6.45) is 5.86. The van der Waals surface area contributed by atoms with E-state index in [-0.39, 0.29) is 37.5 Å². The number of carboxylic acids is 2. The number of aliphatic carboxylic acids is 2. The van der Waals surface area contributed by atoms with Crippen LogP contribution in [0.15, 0.2) is 0 Å². The summed E-state index contributed by atoms with van der Waals surface area (Å²) >= 11 is 4.12. The molecule has 0 aromatic rings. The van der Waals surface area contributed by atoms with Crippen LogP contribution in [0.2, 0.25) is 0 Å². The molecule has 0 aliphatic carbocycles. The third-order valence-corrected chi connectivity index (χ3v) is 4.87. The van der Waals surface area contributed by atoms with Crippen LogP contribution in [0.5, 0.6) is 0 Å². The Labute approximate surface area is 177 Å². The van der Waals surface area contributed by atoms with Crippen LogP contribution in [-0.2, 0) is 19.2 Å². The SMILES string of the molecule is CCCCCCCCN(CCC(=O)O)C(=O)[C@H](CS)NC(=O)CC[C@H](N)C(=O)O. The van der Waals surface area contributed by atoms with E-state index in [0.29, 0.717) is 6.54 Å². The summed E-state index contributed by atoms with van der Waals surface area (Å²) in [5.41, 5.74) is 5.38. The zero-order valence-corrected chi connectivity index (χ0v) is 18.0. The number of amides is 2. The molecule has 0 radical (unpaired) electrons. The lowest BCUT2D eigenvalue weighted by Crippen LogP contribution is -2.50. The first kappa shape index (κ1) is 27.2. The predicted octanol–water partition coefficient (Wildman–Crippen LogP) is 1.26. The van der Waals surface area contributed by atoms with E-state index in [0.717, 1.165) is 32.1 Å². The van der Waals surface area contributed by atoms with Gasteiger partial charge >= 0.3 is 11.9 Å². The minimum atomic E-state index is -1.20. The minimum absolute atomic E-state index is 0.0465. The number of carboxylic acid groups (broad SMARTS) is 2. The van der Waals surface area contributed by atoms with Gasteiger partial charge in [0.15, 0.2) is 0 Å². The third-order valence-electron chi connectivity index (χ3n) is 4.50. The van der Waals surface area contributed by atoms with Gasteiger partial charge in [-0.25, -0.2) is 0 Å². The van der Waals surface area contributed by atoms with Crippen LogP contribution >= 0.6 is 12.6 Å². The van der Waals surface area contributed by atoms with Crippen molar-refractivity contribution in [2.45, 2.75) is 76.8 Å². The summed E-state index contributed by atoms with van der Waals surface area (Å²) in [5.74, 6) is -3.02. The Bertz CT molecular complexity index is 532. The molecule has 5 N–H and O–H groups in total. The van der Waals surface area contributed by atoms with Crippen LogP contribution in [0.3, 0.4) is 0 Å².